The number of carbonyl (C=O) groups excluding carboxylic acids is 1. The Kier molecular flexibility index (Phi) is 5.77. The standard InChI is InChI=1S/C16H24N2O2/c1-16(2,3)20-15(19)17-11-10-13-6-8-14(9-7-13)12-18(4)5/h6-11H,12H2,1-5H3,(H,17,19). The number of nitrogens with zero attached hydrogens (tertiary/aromatic N) is 1. The molecule has 0 radical (unpaired) electrons. The summed E-state index contributed by atoms with van der Waals surface area (Å²) >= 11 is 0. The van der Waals surface area contributed by atoms with Crippen LogP contribution in [0.2, 0.25) is 0 Å². The van der Waals surface area contributed by atoms with Crippen molar-refractivity contribution < 1.29 is 9.53 Å². The number of rotatable bonds is 4. The molecule has 0 atom stereocenters. The van der Waals surface area contributed by atoms with E-state index in [1.165, 1.54) is 5.56 Å². The van der Waals surface area contributed by atoms with Crippen LogP contribution in [0, 0.1) is 0 Å². The Hall–Kier alpha value is -1.81. The van der Waals surface area contributed by atoms with E-state index in [9.17, 15) is 4.79 Å². The third-order valence-corrected chi connectivity index (χ3v) is 2.35. The number of hydrogen-bond acceptors (Lipinski definition) is 3. The molecule has 0 aliphatic heterocycles. The Balaban J connectivity index is 2.48. The lowest BCUT2D eigenvalue weighted by molar-refractivity contribution is 0.0553. The monoisotopic (exact) mass is 276 g/mol. The van der Waals surface area contributed by atoms with Gasteiger partial charge in [-0.15, -0.1) is 0 Å². The first kappa shape index (κ1) is 16.2. The normalized spacial score (nSPS) is 11.9. The predicted molar refractivity (Wildman–Crippen MR) is 82.2 cm³/mol. The molecular formula is C16H24N2O2. The highest BCUT2D eigenvalue weighted by molar-refractivity contribution is 5.70. The lowest BCUT2D eigenvalue weighted by atomic mass is 10.1. The molecule has 0 fully saturated rings. The van der Waals surface area contributed by atoms with E-state index in [0.29, 0.717) is 0 Å². The van der Waals surface area contributed by atoms with Crippen molar-refractivity contribution in [2.75, 3.05) is 14.1 Å². The average Bonchev–Trinajstić information content (AvgIpc) is 2.28. The molecule has 1 N–H and O–H groups in total. The quantitative estimate of drug-likeness (QED) is 0.918. The van der Waals surface area contributed by atoms with Gasteiger partial charge in [-0.3, -0.25) is 5.32 Å². The molecule has 0 heterocycles. The largest absolute Gasteiger partial charge is 0.444 e. The second kappa shape index (κ2) is 7.10. The summed E-state index contributed by atoms with van der Waals surface area (Å²) in [5.41, 5.74) is 1.81. The molecule has 0 aliphatic rings. The van der Waals surface area contributed by atoms with Crippen LogP contribution < -0.4 is 5.32 Å². The number of alkyl carbamates (subject to hydrolysis) is 1. The van der Waals surface area contributed by atoms with Gasteiger partial charge < -0.3 is 9.64 Å². The summed E-state index contributed by atoms with van der Waals surface area (Å²) < 4.78 is 5.13. The zero-order valence-corrected chi connectivity index (χ0v) is 12.9. The molecule has 0 saturated heterocycles. The minimum absolute atomic E-state index is 0.446. The maximum atomic E-state index is 11.4. The van der Waals surface area contributed by atoms with E-state index in [1.54, 1.807) is 6.20 Å². The van der Waals surface area contributed by atoms with Gasteiger partial charge in [-0.25, -0.2) is 4.79 Å². The van der Waals surface area contributed by atoms with Crippen molar-refractivity contribution >= 4 is 12.2 Å². The number of ether oxygens (including phenoxy) is 1. The maximum Gasteiger partial charge on any atom is 0.411 e. The van der Waals surface area contributed by atoms with Gasteiger partial charge in [-0.05, 0) is 52.1 Å². The fraction of sp³-hybridized carbons (Fsp3) is 0.438. The Bertz CT molecular complexity index is 456. The second-order valence-corrected chi connectivity index (χ2v) is 5.96. The van der Waals surface area contributed by atoms with Gasteiger partial charge in [0, 0.05) is 12.7 Å². The fourth-order valence-electron chi connectivity index (χ4n) is 1.61. The van der Waals surface area contributed by atoms with E-state index < -0.39 is 11.7 Å². The highest BCUT2D eigenvalue weighted by atomic mass is 16.6. The molecule has 1 amide bonds. The lowest BCUT2D eigenvalue weighted by Crippen LogP contribution is -2.29. The van der Waals surface area contributed by atoms with Crippen LogP contribution in [0.1, 0.15) is 31.9 Å². The van der Waals surface area contributed by atoms with Gasteiger partial charge in [-0.2, -0.15) is 0 Å². The van der Waals surface area contributed by atoms with Crippen LogP contribution in [0.15, 0.2) is 30.5 Å². The summed E-state index contributed by atoms with van der Waals surface area (Å²) in [4.78, 5) is 13.6. The van der Waals surface area contributed by atoms with Gasteiger partial charge >= 0.3 is 6.09 Å². The van der Waals surface area contributed by atoms with Gasteiger partial charge in [0.15, 0.2) is 0 Å². The molecule has 0 aromatic heterocycles. The Labute approximate surface area is 121 Å². The SMILES string of the molecule is CN(C)Cc1ccc(C=CNC(=O)OC(C)(C)C)cc1. The Morgan fingerprint density at radius 1 is 1.25 bits per heavy atom. The topological polar surface area (TPSA) is 41.6 Å². The van der Waals surface area contributed by atoms with Gasteiger partial charge in [0.1, 0.15) is 5.60 Å². The van der Waals surface area contributed by atoms with Crippen LogP contribution in [0.4, 0.5) is 4.79 Å². The molecular weight excluding hydrogens is 252 g/mol. The number of amides is 1. The van der Waals surface area contributed by atoms with E-state index in [4.69, 9.17) is 4.74 Å². The Morgan fingerprint density at radius 2 is 1.85 bits per heavy atom. The molecule has 0 spiro atoms. The molecule has 1 aromatic rings. The summed E-state index contributed by atoms with van der Waals surface area (Å²) in [5, 5.41) is 2.58. The number of nitrogens with one attached hydrogen (secondary N) is 1. The molecule has 20 heavy (non-hydrogen) atoms. The van der Waals surface area contributed by atoms with E-state index in [2.05, 4.69) is 22.3 Å². The molecule has 4 heteroatoms. The van der Waals surface area contributed by atoms with Crippen molar-refractivity contribution in [3.8, 4) is 0 Å². The molecule has 4 nitrogen and oxygen atoms in total. The van der Waals surface area contributed by atoms with Gasteiger partial charge in [0.05, 0.1) is 0 Å². The molecule has 0 saturated carbocycles. The zero-order valence-electron chi connectivity index (χ0n) is 12.9. The summed E-state index contributed by atoms with van der Waals surface area (Å²) in [6.07, 6.45) is 2.98. The van der Waals surface area contributed by atoms with Crippen LogP contribution in [0.25, 0.3) is 6.08 Å². The van der Waals surface area contributed by atoms with E-state index in [1.807, 2.05) is 53.1 Å². The van der Waals surface area contributed by atoms with Crippen molar-refractivity contribution in [2.45, 2.75) is 32.9 Å². The average molecular weight is 276 g/mol. The van der Waals surface area contributed by atoms with E-state index in [-0.39, 0.29) is 0 Å². The smallest absolute Gasteiger partial charge is 0.411 e. The van der Waals surface area contributed by atoms with Gasteiger partial charge in [0.25, 0.3) is 0 Å². The minimum atomic E-state index is -0.480. The number of hydrogen-bond donors (Lipinski definition) is 1. The first-order valence-electron chi connectivity index (χ1n) is 6.66. The van der Waals surface area contributed by atoms with Crippen LogP contribution >= 0.6 is 0 Å². The fourth-order valence-corrected chi connectivity index (χ4v) is 1.61. The van der Waals surface area contributed by atoms with Crippen LogP contribution in [-0.4, -0.2) is 30.7 Å². The van der Waals surface area contributed by atoms with Crippen molar-refractivity contribution in [1.29, 1.82) is 0 Å². The third kappa shape index (κ3) is 6.95. The lowest BCUT2D eigenvalue weighted by Gasteiger charge is -2.18. The third-order valence-electron chi connectivity index (χ3n) is 2.35. The summed E-state index contributed by atoms with van der Waals surface area (Å²) in [7, 11) is 4.08. The highest BCUT2D eigenvalue weighted by Gasteiger charge is 2.14. The molecule has 0 unspecified atom stereocenters. The first-order valence-corrected chi connectivity index (χ1v) is 6.66. The molecule has 110 valence electrons. The summed E-state index contributed by atoms with van der Waals surface area (Å²) in [6, 6.07) is 8.19. The summed E-state index contributed by atoms with van der Waals surface area (Å²) in [5.74, 6) is 0. The minimum Gasteiger partial charge on any atom is -0.444 e. The molecule has 1 rings (SSSR count). The molecule has 0 aliphatic carbocycles. The van der Waals surface area contributed by atoms with Gasteiger partial charge in [0.2, 0.25) is 0 Å². The van der Waals surface area contributed by atoms with Crippen LogP contribution in [0.5, 0.6) is 0 Å². The Morgan fingerprint density at radius 3 is 2.35 bits per heavy atom. The highest BCUT2D eigenvalue weighted by Crippen LogP contribution is 2.08. The summed E-state index contributed by atoms with van der Waals surface area (Å²) in [6.45, 7) is 6.42. The van der Waals surface area contributed by atoms with Gasteiger partial charge in [-0.1, -0.05) is 24.3 Å². The maximum absolute atomic E-state index is 11.4. The van der Waals surface area contributed by atoms with Crippen molar-refractivity contribution in [3.05, 3.63) is 41.6 Å². The predicted octanol–water partition coefficient (Wildman–Crippen LogP) is 3.24. The van der Waals surface area contributed by atoms with Crippen LogP contribution in [-0.2, 0) is 11.3 Å². The zero-order chi connectivity index (χ0) is 15.2. The van der Waals surface area contributed by atoms with Crippen LogP contribution in [0.3, 0.4) is 0 Å². The molecule has 0 bridgehead atoms. The number of benzene rings is 1. The number of carbonyl (C=O) groups is 1. The van der Waals surface area contributed by atoms with E-state index in [0.717, 1.165) is 12.1 Å². The van der Waals surface area contributed by atoms with Crippen molar-refractivity contribution in [3.63, 3.8) is 0 Å². The van der Waals surface area contributed by atoms with Crippen molar-refractivity contribution in [1.82, 2.24) is 10.2 Å². The molecule has 1 aromatic carbocycles. The van der Waals surface area contributed by atoms with E-state index >= 15 is 0 Å². The van der Waals surface area contributed by atoms with Crippen molar-refractivity contribution in [2.24, 2.45) is 0 Å². The second-order valence-electron chi connectivity index (χ2n) is 5.96. The first-order chi connectivity index (χ1) is 9.26.